The van der Waals surface area contributed by atoms with Crippen molar-refractivity contribution in [2.75, 3.05) is 31.3 Å². The van der Waals surface area contributed by atoms with Crippen molar-refractivity contribution in [2.45, 2.75) is 17.9 Å². The van der Waals surface area contributed by atoms with E-state index in [0.29, 0.717) is 24.7 Å². The molecule has 0 saturated heterocycles. The first-order valence-electron chi connectivity index (χ1n) is 8.56. The molecule has 2 aromatic carbocycles. The van der Waals surface area contributed by atoms with Gasteiger partial charge in [-0.15, -0.1) is 0 Å². The van der Waals surface area contributed by atoms with E-state index in [1.54, 1.807) is 12.1 Å². The van der Waals surface area contributed by atoms with Gasteiger partial charge in [0.2, 0.25) is 5.91 Å². The number of fused-ring (bicyclic) bond motifs is 1. The zero-order valence-corrected chi connectivity index (χ0v) is 16.0. The molecule has 0 fully saturated rings. The van der Waals surface area contributed by atoms with Crippen molar-refractivity contribution in [3.8, 4) is 11.5 Å². The van der Waals surface area contributed by atoms with Gasteiger partial charge in [-0.2, -0.15) is 0 Å². The molecule has 1 aliphatic heterocycles. The summed E-state index contributed by atoms with van der Waals surface area (Å²) in [5.74, 6) is 1.17. The Morgan fingerprint density at radius 1 is 1.11 bits per heavy atom. The van der Waals surface area contributed by atoms with Gasteiger partial charge in [0.05, 0.1) is 11.4 Å². The van der Waals surface area contributed by atoms with E-state index >= 15 is 0 Å². The van der Waals surface area contributed by atoms with Gasteiger partial charge in [0.1, 0.15) is 13.2 Å². The maximum Gasteiger partial charge on any atom is 0.238 e. The Morgan fingerprint density at radius 2 is 1.85 bits per heavy atom. The highest BCUT2D eigenvalue weighted by Gasteiger charge is 2.15. The number of benzene rings is 2. The lowest BCUT2D eigenvalue weighted by Crippen LogP contribution is -2.30. The average molecular weight is 390 g/mol. The second kappa shape index (κ2) is 7.98. The molecule has 1 aliphatic rings. The normalized spacial score (nSPS) is 14.4. The molecule has 0 radical (unpaired) electrons. The van der Waals surface area contributed by atoms with Gasteiger partial charge in [-0.25, -0.2) is 8.42 Å². The SMILES string of the molecule is C[C@H](NCC(=O)Nc1cccc(S(C)(=O)=O)c1)c1ccc2c(c1)OCCO2. The minimum absolute atomic E-state index is 0.0751. The zero-order valence-electron chi connectivity index (χ0n) is 15.2. The van der Waals surface area contributed by atoms with Crippen LogP contribution >= 0.6 is 0 Å². The second-order valence-corrected chi connectivity index (χ2v) is 8.37. The number of amides is 1. The zero-order chi connectivity index (χ0) is 19.4. The average Bonchev–Trinajstić information content (AvgIpc) is 2.65. The summed E-state index contributed by atoms with van der Waals surface area (Å²) in [4.78, 5) is 12.3. The molecule has 7 nitrogen and oxygen atoms in total. The van der Waals surface area contributed by atoms with E-state index in [2.05, 4.69) is 10.6 Å². The summed E-state index contributed by atoms with van der Waals surface area (Å²) in [5, 5.41) is 5.84. The summed E-state index contributed by atoms with van der Waals surface area (Å²) in [6.07, 6.45) is 1.13. The second-order valence-electron chi connectivity index (χ2n) is 6.35. The van der Waals surface area contributed by atoms with E-state index < -0.39 is 9.84 Å². The molecule has 8 heteroatoms. The maximum absolute atomic E-state index is 12.2. The third kappa shape index (κ3) is 4.99. The summed E-state index contributed by atoms with van der Waals surface area (Å²) in [5.41, 5.74) is 1.42. The maximum atomic E-state index is 12.2. The molecule has 1 amide bonds. The van der Waals surface area contributed by atoms with Gasteiger partial charge < -0.3 is 20.1 Å². The topological polar surface area (TPSA) is 93.7 Å². The molecule has 2 aromatic rings. The molecule has 0 unspecified atom stereocenters. The van der Waals surface area contributed by atoms with Crippen LogP contribution in [-0.2, 0) is 14.6 Å². The van der Waals surface area contributed by atoms with Crippen LogP contribution in [-0.4, -0.2) is 40.3 Å². The van der Waals surface area contributed by atoms with Crippen LogP contribution in [0.2, 0.25) is 0 Å². The highest BCUT2D eigenvalue weighted by molar-refractivity contribution is 7.90. The van der Waals surface area contributed by atoms with Gasteiger partial charge in [0, 0.05) is 18.0 Å². The number of hydrogen-bond acceptors (Lipinski definition) is 6. The van der Waals surface area contributed by atoms with Gasteiger partial charge in [0.15, 0.2) is 21.3 Å². The van der Waals surface area contributed by atoms with Crippen molar-refractivity contribution in [1.29, 1.82) is 0 Å². The predicted molar refractivity (Wildman–Crippen MR) is 102 cm³/mol. The van der Waals surface area contributed by atoms with Crippen molar-refractivity contribution in [3.05, 3.63) is 48.0 Å². The van der Waals surface area contributed by atoms with Crippen LogP contribution in [0.15, 0.2) is 47.4 Å². The molecule has 0 bridgehead atoms. The van der Waals surface area contributed by atoms with Crippen LogP contribution in [0.4, 0.5) is 5.69 Å². The summed E-state index contributed by atoms with van der Waals surface area (Å²) in [6.45, 7) is 3.09. The number of carbonyl (C=O) groups is 1. The summed E-state index contributed by atoms with van der Waals surface area (Å²) >= 11 is 0. The molecular formula is C19H22N2O5S. The Kier molecular flexibility index (Phi) is 5.67. The van der Waals surface area contributed by atoms with Crippen molar-refractivity contribution in [2.24, 2.45) is 0 Å². The number of sulfone groups is 1. The fourth-order valence-electron chi connectivity index (χ4n) is 2.70. The van der Waals surface area contributed by atoms with E-state index in [0.717, 1.165) is 17.6 Å². The standard InChI is InChI=1S/C19H22N2O5S/c1-13(14-6-7-17-18(10-14)26-9-8-25-17)20-12-19(22)21-15-4-3-5-16(11-15)27(2,23)24/h3-7,10-11,13,20H,8-9,12H2,1-2H3,(H,21,22)/t13-/m0/s1. The highest BCUT2D eigenvalue weighted by Crippen LogP contribution is 2.32. The number of anilines is 1. The van der Waals surface area contributed by atoms with E-state index in [9.17, 15) is 13.2 Å². The first-order chi connectivity index (χ1) is 12.8. The number of rotatable bonds is 6. The Labute approximate surface area is 158 Å². The van der Waals surface area contributed by atoms with Gasteiger partial charge in [-0.3, -0.25) is 4.79 Å². The molecule has 0 aromatic heterocycles. The third-order valence-electron chi connectivity index (χ3n) is 4.18. The van der Waals surface area contributed by atoms with Crippen LogP contribution in [0.5, 0.6) is 11.5 Å². The lowest BCUT2D eigenvalue weighted by molar-refractivity contribution is -0.115. The van der Waals surface area contributed by atoms with Crippen molar-refractivity contribution in [3.63, 3.8) is 0 Å². The van der Waals surface area contributed by atoms with E-state index in [1.807, 2.05) is 25.1 Å². The van der Waals surface area contributed by atoms with Crippen LogP contribution in [0.3, 0.4) is 0 Å². The van der Waals surface area contributed by atoms with Crippen molar-refractivity contribution < 1.29 is 22.7 Å². The van der Waals surface area contributed by atoms with Crippen molar-refractivity contribution >= 4 is 21.4 Å². The minimum Gasteiger partial charge on any atom is -0.486 e. The molecule has 0 spiro atoms. The van der Waals surface area contributed by atoms with E-state index in [4.69, 9.17) is 9.47 Å². The smallest absolute Gasteiger partial charge is 0.238 e. The monoisotopic (exact) mass is 390 g/mol. The van der Waals surface area contributed by atoms with Crippen LogP contribution in [0.25, 0.3) is 0 Å². The van der Waals surface area contributed by atoms with Gasteiger partial charge in [-0.1, -0.05) is 12.1 Å². The lowest BCUT2D eigenvalue weighted by atomic mass is 10.1. The van der Waals surface area contributed by atoms with Gasteiger partial charge in [0.25, 0.3) is 0 Å². The van der Waals surface area contributed by atoms with Crippen LogP contribution in [0, 0.1) is 0 Å². The van der Waals surface area contributed by atoms with E-state index in [1.165, 1.54) is 12.1 Å². The first kappa shape index (κ1) is 19.2. The van der Waals surface area contributed by atoms with Crippen molar-refractivity contribution in [1.82, 2.24) is 5.32 Å². The first-order valence-corrected chi connectivity index (χ1v) is 10.4. The molecule has 144 valence electrons. The number of hydrogen-bond donors (Lipinski definition) is 2. The Bertz CT molecular complexity index is 943. The minimum atomic E-state index is -3.32. The van der Waals surface area contributed by atoms with Gasteiger partial charge in [-0.05, 0) is 42.8 Å². The number of ether oxygens (including phenoxy) is 2. The molecule has 2 N–H and O–H groups in total. The fourth-order valence-corrected chi connectivity index (χ4v) is 3.37. The van der Waals surface area contributed by atoms with Crippen LogP contribution < -0.4 is 20.1 Å². The van der Waals surface area contributed by atoms with Crippen LogP contribution in [0.1, 0.15) is 18.5 Å². The molecule has 3 rings (SSSR count). The van der Waals surface area contributed by atoms with E-state index in [-0.39, 0.29) is 23.4 Å². The molecule has 0 aliphatic carbocycles. The number of nitrogens with one attached hydrogen (secondary N) is 2. The largest absolute Gasteiger partial charge is 0.486 e. The summed E-state index contributed by atoms with van der Waals surface area (Å²) in [6, 6.07) is 11.8. The highest BCUT2D eigenvalue weighted by atomic mass is 32.2. The quantitative estimate of drug-likeness (QED) is 0.785. The Morgan fingerprint density at radius 3 is 2.59 bits per heavy atom. The predicted octanol–water partition coefficient (Wildman–Crippen LogP) is 2.15. The Hall–Kier alpha value is -2.58. The number of carbonyl (C=O) groups excluding carboxylic acids is 1. The third-order valence-corrected chi connectivity index (χ3v) is 5.29. The molecular weight excluding hydrogens is 368 g/mol. The fraction of sp³-hybridized carbons (Fsp3) is 0.316. The van der Waals surface area contributed by atoms with Gasteiger partial charge >= 0.3 is 0 Å². The summed E-state index contributed by atoms with van der Waals surface area (Å²) < 4.78 is 34.3. The lowest BCUT2D eigenvalue weighted by Gasteiger charge is -2.21. The molecule has 0 saturated carbocycles. The molecule has 1 heterocycles. The summed E-state index contributed by atoms with van der Waals surface area (Å²) in [7, 11) is -3.32. The Balaban J connectivity index is 1.57. The molecule has 27 heavy (non-hydrogen) atoms. The molecule has 1 atom stereocenters.